The van der Waals surface area contributed by atoms with Gasteiger partial charge in [0.1, 0.15) is 26.7 Å². The Morgan fingerprint density at radius 1 is 1.35 bits per heavy atom. The average molecular weight is 490 g/mol. The molecule has 3 atom stereocenters. The lowest BCUT2D eigenvalue weighted by molar-refractivity contribution is -0.178. The highest BCUT2D eigenvalue weighted by Gasteiger charge is 2.56. The Balaban J connectivity index is 1.56. The Hall–Kier alpha value is -2.58. The zero-order valence-electron chi connectivity index (χ0n) is 15.6. The van der Waals surface area contributed by atoms with E-state index in [1.54, 1.807) is 0 Å². The first kappa shape index (κ1) is 21.6. The molecule has 0 bridgehead atoms. The molecule has 3 aliphatic rings. The van der Waals surface area contributed by atoms with E-state index in [1.807, 2.05) is 0 Å². The molecule has 1 aliphatic carbocycles. The number of carbonyl (C=O) groups is 4. The predicted octanol–water partition coefficient (Wildman–Crippen LogP) is -0.0402. The number of amides is 2. The number of carboxylic acid groups (broad SMARTS) is 2. The molecule has 0 radical (unpaired) electrons. The van der Waals surface area contributed by atoms with Crippen molar-refractivity contribution in [2.24, 2.45) is 5.16 Å². The van der Waals surface area contributed by atoms with Crippen LogP contribution < -0.4 is 11.1 Å². The number of carbonyl (C=O) groups excluding carboxylic acids is 2. The van der Waals surface area contributed by atoms with Gasteiger partial charge in [0.25, 0.3) is 5.91 Å². The molecule has 2 amide bonds. The molecule has 12 nitrogen and oxygen atoms in total. The molecule has 1 aromatic heterocycles. The van der Waals surface area contributed by atoms with Crippen LogP contribution in [0.4, 0.5) is 5.13 Å². The number of carboxylic acids is 2. The van der Waals surface area contributed by atoms with E-state index in [9.17, 15) is 24.3 Å². The number of oxime groups is 1. The van der Waals surface area contributed by atoms with Crippen molar-refractivity contribution in [3.05, 3.63) is 10.0 Å². The molecular formula is C16H16ClN5O7S2. The number of nitrogens with two attached hydrogens (primary N) is 1. The third-order valence-corrected chi connectivity index (χ3v) is 7.84. The second-order valence-corrected chi connectivity index (χ2v) is 10.1. The molecule has 2 aliphatic heterocycles. The van der Waals surface area contributed by atoms with Crippen LogP contribution in [0.15, 0.2) is 5.16 Å². The second-order valence-electron chi connectivity index (χ2n) is 7.15. The summed E-state index contributed by atoms with van der Waals surface area (Å²) in [4.78, 5) is 58.6. The van der Waals surface area contributed by atoms with Crippen LogP contribution >= 0.6 is 34.7 Å². The number of aliphatic carboxylic acids is 2. The highest BCUT2D eigenvalue weighted by Crippen LogP contribution is 2.40. The number of nitrogens with one attached hydrogen (secondary N) is 1. The molecule has 3 heterocycles. The summed E-state index contributed by atoms with van der Waals surface area (Å²) in [6.45, 7) is 0.0511. The number of thioether (sulfide) groups is 1. The van der Waals surface area contributed by atoms with Crippen LogP contribution in [0.1, 0.15) is 25.0 Å². The van der Waals surface area contributed by atoms with E-state index >= 15 is 0 Å². The Labute approximate surface area is 187 Å². The largest absolute Gasteiger partial charge is 0.480 e. The van der Waals surface area contributed by atoms with E-state index in [4.69, 9.17) is 27.3 Å². The molecule has 0 spiro atoms. The first-order chi connectivity index (χ1) is 14.6. The van der Waals surface area contributed by atoms with Crippen LogP contribution in [0.25, 0.3) is 0 Å². The SMILES string of the molecule is Nc1nc(/C(=N/OC2(C(=O)O)CCC2)C(=O)N[C@@H]2C(=O)N3C[C@H](C(=O)O)SC23)c(Cl)s1. The predicted molar refractivity (Wildman–Crippen MR) is 110 cm³/mol. The number of thiazole rings is 1. The van der Waals surface area contributed by atoms with Gasteiger partial charge in [0.05, 0.1) is 0 Å². The van der Waals surface area contributed by atoms with Gasteiger partial charge in [-0.3, -0.25) is 14.4 Å². The Kier molecular flexibility index (Phi) is 5.47. The average Bonchev–Trinajstić information content (AvgIpc) is 3.22. The molecule has 3 fully saturated rings. The van der Waals surface area contributed by atoms with Crippen LogP contribution in [0.5, 0.6) is 0 Å². The molecule has 166 valence electrons. The van der Waals surface area contributed by atoms with Gasteiger partial charge >= 0.3 is 11.9 Å². The van der Waals surface area contributed by atoms with Gasteiger partial charge in [0, 0.05) is 19.4 Å². The Morgan fingerprint density at radius 2 is 2.06 bits per heavy atom. The zero-order valence-corrected chi connectivity index (χ0v) is 18.0. The Bertz CT molecular complexity index is 1010. The van der Waals surface area contributed by atoms with Crippen molar-refractivity contribution in [1.82, 2.24) is 15.2 Å². The van der Waals surface area contributed by atoms with Gasteiger partial charge in [-0.25, -0.2) is 9.78 Å². The van der Waals surface area contributed by atoms with Crippen LogP contribution in [-0.4, -0.2) is 78.4 Å². The van der Waals surface area contributed by atoms with Gasteiger partial charge in [-0.2, -0.15) is 0 Å². The van der Waals surface area contributed by atoms with Crippen LogP contribution in [0.3, 0.4) is 0 Å². The molecule has 5 N–H and O–H groups in total. The lowest BCUT2D eigenvalue weighted by Gasteiger charge is -2.41. The summed E-state index contributed by atoms with van der Waals surface area (Å²) < 4.78 is 0.0377. The lowest BCUT2D eigenvalue weighted by Crippen LogP contribution is -2.68. The summed E-state index contributed by atoms with van der Waals surface area (Å²) in [5.41, 5.74) is 3.57. The second kappa shape index (κ2) is 7.84. The summed E-state index contributed by atoms with van der Waals surface area (Å²) in [7, 11) is 0. The van der Waals surface area contributed by atoms with Gasteiger partial charge in [-0.05, 0) is 6.42 Å². The van der Waals surface area contributed by atoms with E-state index in [1.165, 1.54) is 4.90 Å². The zero-order chi connectivity index (χ0) is 22.5. The molecule has 1 aromatic rings. The van der Waals surface area contributed by atoms with Crippen molar-refractivity contribution in [1.29, 1.82) is 0 Å². The fourth-order valence-corrected chi connectivity index (χ4v) is 5.68. The molecule has 2 saturated heterocycles. The third kappa shape index (κ3) is 3.68. The van der Waals surface area contributed by atoms with Crippen molar-refractivity contribution < 1.29 is 34.2 Å². The molecule has 1 unspecified atom stereocenters. The smallest absolute Gasteiger partial charge is 0.350 e. The maximum absolute atomic E-state index is 13.0. The molecule has 0 aromatic carbocycles. The maximum atomic E-state index is 13.0. The number of rotatable bonds is 7. The fraction of sp³-hybridized carbons (Fsp3) is 0.500. The van der Waals surface area contributed by atoms with Crippen molar-refractivity contribution in [2.45, 2.75) is 41.5 Å². The van der Waals surface area contributed by atoms with Gasteiger partial charge in [-0.15, -0.1) is 11.8 Å². The van der Waals surface area contributed by atoms with E-state index in [0.29, 0.717) is 6.42 Å². The normalized spacial score (nSPS) is 26.5. The summed E-state index contributed by atoms with van der Waals surface area (Å²) >= 11 is 8.04. The van der Waals surface area contributed by atoms with E-state index in [0.717, 1.165) is 23.1 Å². The van der Waals surface area contributed by atoms with Crippen LogP contribution in [0.2, 0.25) is 4.34 Å². The van der Waals surface area contributed by atoms with Gasteiger partial charge in [0.2, 0.25) is 11.5 Å². The summed E-state index contributed by atoms with van der Waals surface area (Å²) in [5, 5.41) is 23.6. The number of β-lactam (4-membered cyclic amide) rings is 1. The monoisotopic (exact) mass is 489 g/mol. The third-order valence-electron chi connectivity index (χ3n) is 5.27. The Morgan fingerprint density at radius 3 is 2.58 bits per heavy atom. The molecule has 15 heteroatoms. The number of hydrogen-bond acceptors (Lipinski definition) is 10. The number of halogens is 1. The quantitative estimate of drug-likeness (QED) is 0.230. The highest BCUT2D eigenvalue weighted by atomic mass is 35.5. The van der Waals surface area contributed by atoms with Crippen molar-refractivity contribution in [2.75, 3.05) is 12.3 Å². The highest BCUT2D eigenvalue weighted by molar-refractivity contribution is 8.01. The van der Waals surface area contributed by atoms with Crippen molar-refractivity contribution in [3.8, 4) is 0 Å². The van der Waals surface area contributed by atoms with E-state index in [2.05, 4.69) is 15.5 Å². The summed E-state index contributed by atoms with van der Waals surface area (Å²) in [6, 6.07) is -0.973. The maximum Gasteiger partial charge on any atom is 0.350 e. The van der Waals surface area contributed by atoms with E-state index < -0.39 is 51.7 Å². The van der Waals surface area contributed by atoms with Gasteiger partial charge in [-0.1, -0.05) is 28.1 Å². The molecule has 31 heavy (non-hydrogen) atoms. The van der Waals surface area contributed by atoms with Gasteiger partial charge in [0.15, 0.2) is 10.8 Å². The van der Waals surface area contributed by atoms with Crippen molar-refractivity contribution in [3.63, 3.8) is 0 Å². The summed E-state index contributed by atoms with van der Waals surface area (Å²) in [6.07, 6.45) is 1.07. The minimum atomic E-state index is -1.54. The lowest BCUT2D eigenvalue weighted by atomic mass is 9.80. The topological polar surface area (TPSA) is 185 Å². The van der Waals surface area contributed by atoms with E-state index in [-0.39, 0.29) is 34.5 Å². The molecule has 4 rings (SSSR count). The van der Waals surface area contributed by atoms with Crippen molar-refractivity contribution >= 4 is 69.3 Å². The minimum Gasteiger partial charge on any atom is -0.480 e. The standard InChI is InChI=1S/C16H16ClN5O7S2/c17-9-6(20-15(18)31-9)7(21-29-16(14(27)28)2-1-3-16)10(23)19-8-11(24)22-4-5(13(25)26)30-12(8)22/h5,8,12H,1-4H2,(H2,18,20)(H,19,23)(H,25,26)(H,27,28)/b21-7-/t5-,8-,12?/m1/s1. The summed E-state index contributed by atoms with van der Waals surface area (Å²) in [5.74, 6) is -3.56. The number of nitrogens with zero attached hydrogens (tertiary/aromatic N) is 3. The number of anilines is 1. The van der Waals surface area contributed by atoms with Crippen LogP contribution in [-0.2, 0) is 24.0 Å². The fourth-order valence-electron chi connectivity index (χ4n) is 3.37. The number of fused-ring (bicyclic) bond motifs is 1. The minimum absolute atomic E-state index is 0.0377. The first-order valence-corrected chi connectivity index (χ1v) is 11.2. The molecule has 1 saturated carbocycles. The number of nitrogen functional groups attached to an aromatic ring is 1. The number of aromatic nitrogens is 1. The van der Waals surface area contributed by atoms with Crippen LogP contribution in [0, 0.1) is 0 Å². The van der Waals surface area contributed by atoms with Gasteiger partial charge < -0.3 is 31.0 Å². The molecular weight excluding hydrogens is 474 g/mol. The first-order valence-electron chi connectivity index (χ1n) is 9.04. The number of hydrogen-bond donors (Lipinski definition) is 4.